The molecule has 9 heteroatoms. The molecule has 8 nitrogen and oxygen atoms in total. The third kappa shape index (κ3) is 5.83. The van der Waals surface area contributed by atoms with Crippen LogP contribution in [0.4, 0.5) is 4.79 Å². The zero-order valence-electron chi connectivity index (χ0n) is 18.9. The smallest absolute Gasteiger partial charge is 0.293 e. The maximum atomic E-state index is 12.7. The predicted octanol–water partition coefficient (Wildman–Crippen LogP) is 3.12. The number of rotatable bonds is 10. The molecule has 2 fully saturated rings. The van der Waals surface area contributed by atoms with Crippen LogP contribution in [-0.4, -0.2) is 73.3 Å². The number of thioether (sulfide) groups is 1. The minimum Gasteiger partial charge on any atom is -0.493 e. The minimum absolute atomic E-state index is 0.0772. The Balaban J connectivity index is 1.53. The number of amides is 3. The first-order chi connectivity index (χ1) is 15.5. The molecule has 3 rings (SSSR count). The SMILES string of the molecule is CCN(CC(=O)NCCN1C(=O)S/C(=C/c2ccc(OC)c(OC)c2)C1=O)C1CCCC1. The maximum Gasteiger partial charge on any atom is 0.293 e. The van der Waals surface area contributed by atoms with E-state index in [-0.39, 0.29) is 30.1 Å². The molecular weight excluding hydrogens is 430 g/mol. The summed E-state index contributed by atoms with van der Waals surface area (Å²) < 4.78 is 10.5. The van der Waals surface area contributed by atoms with E-state index >= 15 is 0 Å². The van der Waals surface area contributed by atoms with Gasteiger partial charge in [0.2, 0.25) is 5.91 Å². The van der Waals surface area contributed by atoms with Crippen molar-refractivity contribution in [2.75, 3.05) is 40.4 Å². The van der Waals surface area contributed by atoms with Crippen molar-refractivity contribution in [1.29, 1.82) is 0 Å². The van der Waals surface area contributed by atoms with Gasteiger partial charge >= 0.3 is 0 Å². The molecule has 1 aromatic rings. The molecule has 0 radical (unpaired) electrons. The quantitative estimate of drug-likeness (QED) is 0.536. The molecule has 0 atom stereocenters. The summed E-state index contributed by atoms with van der Waals surface area (Å²) in [4.78, 5) is 41.1. The second kappa shape index (κ2) is 11.4. The molecule has 1 saturated heterocycles. The standard InChI is InChI=1S/C23H31N3O5S/c1-4-25(17-7-5-6-8-17)15-21(27)24-11-12-26-22(28)20(32-23(26)29)14-16-9-10-18(30-2)19(13-16)31-3/h9-10,13-14,17H,4-8,11-12,15H2,1-3H3,(H,24,27)/b20-14+. The van der Waals surface area contributed by atoms with Crippen molar-refractivity contribution in [3.05, 3.63) is 28.7 Å². The van der Waals surface area contributed by atoms with Gasteiger partial charge < -0.3 is 14.8 Å². The van der Waals surface area contributed by atoms with Crippen molar-refractivity contribution in [2.45, 2.75) is 38.6 Å². The fourth-order valence-corrected chi connectivity index (χ4v) is 4.97. The van der Waals surface area contributed by atoms with Gasteiger partial charge in [-0.3, -0.25) is 24.2 Å². The van der Waals surface area contributed by atoms with E-state index in [1.54, 1.807) is 31.4 Å². The number of imide groups is 1. The molecular formula is C23H31N3O5S. The third-order valence-corrected chi connectivity index (χ3v) is 6.74. The lowest BCUT2D eigenvalue weighted by molar-refractivity contribution is -0.125. The van der Waals surface area contributed by atoms with Gasteiger partial charge in [0.1, 0.15) is 0 Å². The van der Waals surface area contributed by atoms with Gasteiger partial charge in [0.15, 0.2) is 11.5 Å². The van der Waals surface area contributed by atoms with E-state index in [9.17, 15) is 14.4 Å². The van der Waals surface area contributed by atoms with Crippen molar-refractivity contribution in [3.8, 4) is 11.5 Å². The molecule has 3 amide bonds. The molecule has 1 N–H and O–H groups in total. The number of benzene rings is 1. The first kappa shape index (κ1) is 24.1. The first-order valence-corrected chi connectivity index (χ1v) is 11.8. The Kier molecular flexibility index (Phi) is 8.58. The van der Waals surface area contributed by atoms with E-state index in [1.165, 1.54) is 24.9 Å². The van der Waals surface area contributed by atoms with Crippen molar-refractivity contribution in [2.24, 2.45) is 0 Å². The molecule has 1 aliphatic heterocycles. The normalized spacial score (nSPS) is 18.1. The van der Waals surface area contributed by atoms with Crippen LogP contribution >= 0.6 is 11.8 Å². The molecule has 0 aromatic heterocycles. The molecule has 0 spiro atoms. The van der Waals surface area contributed by atoms with Crippen molar-refractivity contribution in [3.63, 3.8) is 0 Å². The number of hydrogen-bond donors (Lipinski definition) is 1. The summed E-state index contributed by atoms with van der Waals surface area (Å²) in [6.45, 7) is 3.64. The Morgan fingerprint density at radius 1 is 1.22 bits per heavy atom. The lowest BCUT2D eigenvalue weighted by Gasteiger charge is -2.26. The van der Waals surface area contributed by atoms with Crippen molar-refractivity contribution < 1.29 is 23.9 Å². The zero-order chi connectivity index (χ0) is 23.1. The summed E-state index contributed by atoms with van der Waals surface area (Å²) >= 11 is 0.895. The number of nitrogens with one attached hydrogen (secondary N) is 1. The van der Waals surface area contributed by atoms with Crippen LogP contribution in [0.5, 0.6) is 11.5 Å². The third-order valence-electron chi connectivity index (χ3n) is 5.83. The van der Waals surface area contributed by atoms with Crippen LogP contribution in [0.2, 0.25) is 0 Å². The number of carbonyl (C=O) groups is 3. The fraction of sp³-hybridized carbons (Fsp3) is 0.522. The second-order valence-electron chi connectivity index (χ2n) is 7.80. The minimum atomic E-state index is -0.356. The lowest BCUT2D eigenvalue weighted by Crippen LogP contribution is -2.44. The zero-order valence-corrected chi connectivity index (χ0v) is 19.7. The Bertz CT molecular complexity index is 882. The largest absolute Gasteiger partial charge is 0.493 e. The van der Waals surface area contributed by atoms with E-state index in [2.05, 4.69) is 17.1 Å². The van der Waals surface area contributed by atoms with E-state index < -0.39 is 0 Å². The molecule has 1 aliphatic carbocycles. The van der Waals surface area contributed by atoms with E-state index in [0.717, 1.165) is 36.7 Å². The fourth-order valence-electron chi connectivity index (χ4n) is 4.10. The Morgan fingerprint density at radius 2 is 1.94 bits per heavy atom. The number of likely N-dealkylation sites (N-methyl/N-ethyl adjacent to an activating group) is 1. The molecule has 174 valence electrons. The van der Waals surface area contributed by atoms with Crippen LogP contribution in [-0.2, 0) is 9.59 Å². The van der Waals surface area contributed by atoms with Crippen molar-refractivity contribution in [1.82, 2.24) is 15.1 Å². The number of hydrogen-bond acceptors (Lipinski definition) is 7. The highest BCUT2D eigenvalue weighted by atomic mass is 32.2. The number of ether oxygens (including phenoxy) is 2. The summed E-state index contributed by atoms with van der Waals surface area (Å²) in [5.74, 6) is 0.696. The van der Waals surface area contributed by atoms with Crippen molar-refractivity contribution >= 4 is 34.9 Å². The van der Waals surface area contributed by atoms with Gasteiger partial charge in [0.25, 0.3) is 11.1 Å². The lowest BCUT2D eigenvalue weighted by atomic mass is 10.2. The highest BCUT2D eigenvalue weighted by Gasteiger charge is 2.34. The van der Waals surface area contributed by atoms with Gasteiger partial charge in [-0.05, 0) is 54.9 Å². The van der Waals surface area contributed by atoms with Gasteiger partial charge in [0, 0.05) is 19.1 Å². The summed E-state index contributed by atoms with van der Waals surface area (Å²) in [6, 6.07) is 5.76. The molecule has 0 unspecified atom stereocenters. The number of nitrogens with zero attached hydrogens (tertiary/aromatic N) is 2. The highest BCUT2D eigenvalue weighted by Crippen LogP contribution is 2.34. The Hall–Kier alpha value is -2.52. The van der Waals surface area contributed by atoms with E-state index in [1.807, 2.05) is 0 Å². The summed E-state index contributed by atoms with van der Waals surface area (Å²) in [6.07, 6.45) is 6.39. The summed E-state index contributed by atoms with van der Waals surface area (Å²) in [5.41, 5.74) is 0.730. The van der Waals surface area contributed by atoms with Crippen LogP contribution in [0.25, 0.3) is 6.08 Å². The summed E-state index contributed by atoms with van der Waals surface area (Å²) in [5, 5.41) is 2.51. The summed E-state index contributed by atoms with van der Waals surface area (Å²) in [7, 11) is 3.09. The van der Waals surface area contributed by atoms with Gasteiger partial charge in [-0.25, -0.2) is 0 Å². The number of methoxy groups -OCH3 is 2. The Morgan fingerprint density at radius 3 is 2.59 bits per heavy atom. The molecule has 2 aliphatic rings. The first-order valence-electron chi connectivity index (χ1n) is 10.9. The van der Waals surface area contributed by atoms with Crippen LogP contribution in [0.15, 0.2) is 23.1 Å². The second-order valence-corrected chi connectivity index (χ2v) is 8.79. The molecule has 0 bridgehead atoms. The predicted molar refractivity (Wildman–Crippen MR) is 125 cm³/mol. The molecule has 32 heavy (non-hydrogen) atoms. The topological polar surface area (TPSA) is 88.2 Å². The molecule has 1 heterocycles. The van der Waals surface area contributed by atoms with E-state index in [4.69, 9.17) is 9.47 Å². The molecule has 1 saturated carbocycles. The van der Waals surface area contributed by atoms with Gasteiger partial charge in [-0.2, -0.15) is 0 Å². The van der Waals surface area contributed by atoms with Gasteiger partial charge in [0.05, 0.1) is 25.7 Å². The number of carbonyl (C=O) groups excluding carboxylic acids is 3. The highest BCUT2D eigenvalue weighted by molar-refractivity contribution is 8.18. The maximum absolute atomic E-state index is 12.7. The van der Waals surface area contributed by atoms with Crippen LogP contribution in [0.1, 0.15) is 38.2 Å². The monoisotopic (exact) mass is 461 g/mol. The van der Waals surface area contributed by atoms with Crippen LogP contribution in [0, 0.1) is 0 Å². The Labute approximate surface area is 193 Å². The van der Waals surface area contributed by atoms with Crippen LogP contribution in [0.3, 0.4) is 0 Å². The molecule has 1 aromatic carbocycles. The van der Waals surface area contributed by atoms with E-state index in [0.29, 0.717) is 29.0 Å². The van der Waals surface area contributed by atoms with Gasteiger partial charge in [-0.15, -0.1) is 0 Å². The average molecular weight is 462 g/mol. The van der Waals surface area contributed by atoms with Crippen LogP contribution < -0.4 is 14.8 Å². The van der Waals surface area contributed by atoms with Gasteiger partial charge in [-0.1, -0.05) is 25.8 Å². The average Bonchev–Trinajstić information content (AvgIpc) is 3.41.